The number of hydrogen-bond donors (Lipinski definition) is 2. The van der Waals surface area contributed by atoms with Crippen LogP contribution >= 0.6 is 11.6 Å². The fourth-order valence-corrected chi connectivity index (χ4v) is 2.58. The number of carbonyl (C=O) groups is 1. The molecular formula is C14H20ClN3O. The Morgan fingerprint density at radius 2 is 2.42 bits per heavy atom. The van der Waals surface area contributed by atoms with E-state index in [1.54, 1.807) is 12.1 Å². The quantitative estimate of drug-likeness (QED) is 0.888. The molecule has 1 aliphatic rings. The molecule has 0 aromatic heterocycles. The van der Waals surface area contributed by atoms with Crippen molar-refractivity contribution in [1.29, 1.82) is 0 Å². The van der Waals surface area contributed by atoms with Crippen LogP contribution in [0.1, 0.15) is 19.8 Å². The van der Waals surface area contributed by atoms with Crippen molar-refractivity contribution in [3.63, 3.8) is 0 Å². The molecule has 1 unspecified atom stereocenters. The maximum atomic E-state index is 12.0. The van der Waals surface area contributed by atoms with Gasteiger partial charge in [-0.3, -0.25) is 9.69 Å². The van der Waals surface area contributed by atoms with Gasteiger partial charge in [0.2, 0.25) is 5.91 Å². The summed E-state index contributed by atoms with van der Waals surface area (Å²) < 4.78 is 0. The summed E-state index contributed by atoms with van der Waals surface area (Å²) in [7, 11) is 0. The lowest BCUT2D eigenvalue weighted by atomic mass is 10.2. The third-order valence-corrected chi connectivity index (χ3v) is 3.70. The summed E-state index contributed by atoms with van der Waals surface area (Å²) >= 11 is 5.88. The van der Waals surface area contributed by atoms with Crippen LogP contribution in [-0.4, -0.2) is 36.0 Å². The molecule has 1 aromatic carbocycles. The molecular weight excluding hydrogens is 262 g/mol. The second-order valence-corrected chi connectivity index (χ2v) is 5.59. The molecule has 1 aromatic rings. The van der Waals surface area contributed by atoms with Crippen molar-refractivity contribution in [3.05, 3.63) is 29.3 Å². The lowest BCUT2D eigenvalue weighted by Crippen LogP contribution is -2.36. The van der Waals surface area contributed by atoms with Crippen LogP contribution in [0.15, 0.2) is 24.3 Å². The van der Waals surface area contributed by atoms with Crippen molar-refractivity contribution in [3.8, 4) is 0 Å². The van der Waals surface area contributed by atoms with Crippen LogP contribution in [0.25, 0.3) is 0 Å². The average Bonchev–Trinajstić information content (AvgIpc) is 2.75. The first-order valence-corrected chi connectivity index (χ1v) is 6.97. The van der Waals surface area contributed by atoms with E-state index in [9.17, 15) is 4.79 Å². The molecule has 19 heavy (non-hydrogen) atoms. The second kappa shape index (κ2) is 6.37. The number of hydrogen-bond acceptors (Lipinski definition) is 3. The average molecular weight is 282 g/mol. The van der Waals surface area contributed by atoms with Crippen molar-refractivity contribution in [2.45, 2.75) is 31.8 Å². The van der Waals surface area contributed by atoms with E-state index in [4.69, 9.17) is 17.3 Å². The van der Waals surface area contributed by atoms with Crippen LogP contribution < -0.4 is 11.1 Å². The van der Waals surface area contributed by atoms with Crippen molar-refractivity contribution < 1.29 is 4.79 Å². The molecule has 0 bridgehead atoms. The molecule has 0 radical (unpaired) electrons. The van der Waals surface area contributed by atoms with E-state index in [2.05, 4.69) is 17.1 Å². The molecule has 1 saturated heterocycles. The number of nitrogens with zero attached hydrogens (tertiary/aromatic N) is 1. The van der Waals surface area contributed by atoms with Crippen LogP contribution in [0.4, 0.5) is 5.69 Å². The number of amides is 1. The smallest absolute Gasteiger partial charge is 0.225 e. The van der Waals surface area contributed by atoms with Gasteiger partial charge in [-0.2, -0.15) is 0 Å². The first-order chi connectivity index (χ1) is 9.04. The van der Waals surface area contributed by atoms with E-state index in [1.807, 2.05) is 12.1 Å². The van der Waals surface area contributed by atoms with E-state index in [1.165, 1.54) is 0 Å². The third kappa shape index (κ3) is 4.20. The molecule has 4 nitrogen and oxygen atoms in total. The van der Waals surface area contributed by atoms with Gasteiger partial charge < -0.3 is 11.1 Å². The summed E-state index contributed by atoms with van der Waals surface area (Å²) in [6.07, 6.45) is 1.49. The van der Waals surface area contributed by atoms with Gasteiger partial charge in [-0.15, -0.1) is 0 Å². The van der Waals surface area contributed by atoms with E-state index in [0.717, 1.165) is 25.2 Å². The summed E-state index contributed by atoms with van der Waals surface area (Å²) in [4.78, 5) is 14.2. The zero-order valence-corrected chi connectivity index (χ0v) is 11.9. The van der Waals surface area contributed by atoms with E-state index >= 15 is 0 Å². The molecule has 1 amide bonds. The number of benzene rings is 1. The predicted octanol–water partition coefficient (Wildman–Crippen LogP) is 2.09. The Bertz CT molecular complexity index is 452. The minimum absolute atomic E-state index is 0.00948. The van der Waals surface area contributed by atoms with E-state index < -0.39 is 0 Å². The van der Waals surface area contributed by atoms with Crippen LogP contribution in [0.5, 0.6) is 0 Å². The monoisotopic (exact) mass is 281 g/mol. The lowest BCUT2D eigenvalue weighted by Gasteiger charge is -2.23. The van der Waals surface area contributed by atoms with Crippen molar-refractivity contribution in [2.75, 3.05) is 18.4 Å². The van der Waals surface area contributed by atoms with Crippen molar-refractivity contribution >= 4 is 23.2 Å². The summed E-state index contributed by atoms with van der Waals surface area (Å²) in [5.74, 6) is 0.00948. The molecule has 2 rings (SSSR count). The second-order valence-electron chi connectivity index (χ2n) is 5.16. The zero-order valence-electron chi connectivity index (χ0n) is 11.1. The van der Waals surface area contributed by atoms with Gasteiger partial charge in [-0.1, -0.05) is 17.7 Å². The summed E-state index contributed by atoms with van der Waals surface area (Å²) in [5.41, 5.74) is 6.62. The van der Waals surface area contributed by atoms with Gasteiger partial charge in [-0.05, 0) is 31.5 Å². The Kier molecular flexibility index (Phi) is 4.80. The highest BCUT2D eigenvalue weighted by molar-refractivity contribution is 6.30. The summed E-state index contributed by atoms with van der Waals surface area (Å²) in [6.45, 7) is 3.92. The van der Waals surface area contributed by atoms with E-state index in [0.29, 0.717) is 11.4 Å². The highest BCUT2D eigenvalue weighted by Gasteiger charge is 2.24. The highest BCUT2D eigenvalue weighted by atomic mass is 35.5. The summed E-state index contributed by atoms with van der Waals surface area (Å²) in [6, 6.07) is 7.65. The largest absolute Gasteiger partial charge is 0.326 e. The maximum Gasteiger partial charge on any atom is 0.225 e. The standard InChI is InChI=1S/C14H20ClN3O/c1-10(18-6-5-12(16)9-18)7-14(19)17-13-4-2-3-11(15)8-13/h2-4,8,10,12H,5-7,9,16H2,1H3,(H,17,19)/t10?,12-/m1/s1. The van der Waals surface area contributed by atoms with Crippen LogP contribution in [0.2, 0.25) is 5.02 Å². The van der Waals surface area contributed by atoms with Gasteiger partial charge in [0.15, 0.2) is 0 Å². The molecule has 3 N–H and O–H groups in total. The molecule has 5 heteroatoms. The SMILES string of the molecule is CC(CC(=O)Nc1cccc(Cl)c1)N1CC[C@@H](N)C1. The normalized spacial score (nSPS) is 21.3. The Hall–Kier alpha value is -1.10. The number of nitrogens with two attached hydrogens (primary N) is 1. The van der Waals surface area contributed by atoms with Crippen LogP contribution in [-0.2, 0) is 4.79 Å². The van der Waals surface area contributed by atoms with Gasteiger partial charge in [0.25, 0.3) is 0 Å². The van der Waals surface area contributed by atoms with Crippen molar-refractivity contribution in [1.82, 2.24) is 4.90 Å². The zero-order chi connectivity index (χ0) is 13.8. The number of rotatable bonds is 4. The van der Waals surface area contributed by atoms with Gasteiger partial charge >= 0.3 is 0 Å². The Labute approximate surface area is 118 Å². The number of carbonyl (C=O) groups excluding carboxylic acids is 1. The third-order valence-electron chi connectivity index (χ3n) is 3.47. The number of nitrogens with one attached hydrogen (secondary N) is 1. The van der Waals surface area contributed by atoms with Crippen LogP contribution in [0, 0.1) is 0 Å². The van der Waals surface area contributed by atoms with Gasteiger partial charge in [0.05, 0.1) is 0 Å². The first kappa shape index (κ1) is 14.3. The van der Waals surface area contributed by atoms with E-state index in [-0.39, 0.29) is 18.0 Å². The Balaban J connectivity index is 1.84. The molecule has 104 valence electrons. The predicted molar refractivity (Wildman–Crippen MR) is 78.3 cm³/mol. The first-order valence-electron chi connectivity index (χ1n) is 6.59. The molecule has 0 spiro atoms. The summed E-state index contributed by atoms with van der Waals surface area (Å²) in [5, 5.41) is 3.49. The maximum absolute atomic E-state index is 12.0. The minimum Gasteiger partial charge on any atom is -0.326 e. The topological polar surface area (TPSA) is 58.4 Å². The molecule has 0 aliphatic carbocycles. The minimum atomic E-state index is 0.00948. The Morgan fingerprint density at radius 1 is 1.63 bits per heavy atom. The fraction of sp³-hybridized carbons (Fsp3) is 0.500. The molecule has 1 aliphatic heterocycles. The van der Waals surface area contributed by atoms with Gasteiger partial charge in [0, 0.05) is 42.3 Å². The molecule has 1 heterocycles. The molecule has 0 saturated carbocycles. The van der Waals surface area contributed by atoms with Crippen molar-refractivity contribution in [2.24, 2.45) is 5.73 Å². The fourth-order valence-electron chi connectivity index (χ4n) is 2.39. The van der Waals surface area contributed by atoms with Gasteiger partial charge in [-0.25, -0.2) is 0 Å². The number of likely N-dealkylation sites (tertiary alicyclic amines) is 1. The number of halogens is 1. The lowest BCUT2D eigenvalue weighted by molar-refractivity contribution is -0.117. The molecule has 1 fully saturated rings. The van der Waals surface area contributed by atoms with Crippen LogP contribution in [0.3, 0.4) is 0 Å². The molecule has 2 atom stereocenters. The number of anilines is 1. The van der Waals surface area contributed by atoms with Gasteiger partial charge in [0.1, 0.15) is 0 Å². The highest BCUT2D eigenvalue weighted by Crippen LogP contribution is 2.17. The Morgan fingerprint density at radius 3 is 3.05 bits per heavy atom.